The van der Waals surface area contributed by atoms with E-state index in [9.17, 15) is 8.42 Å². The highest BCUT2D eigenvalue weighted by Crippen LogP contribution is 2.32. The molecule has 23 heavy (non-hydrogen) atoms. The number of benzene rings is 1. The Labute approximate surface area is 137 Å². The van der Waals surface area contributed by atoms with Crippen LogP contribution in [0.4, 0.5) is 0 Å². The summed E-state index contributed by atoms with van der Waals surface area (Å²) in [6.07, 6.45) is 6.22. The molecule has 0 aliphatic carbocycles. The van der Waals surface area contributed by atoms with Crippen LogP contribution >= 0.6 is 0 Å². The molecule has 1 aromatic carbocycles. The van der Waals surface area contributed by atoms with Crippen molar-refractivity contribution in [1.82, 2.24) is 14.0 Å². The zero-order chi connectivity index (χ0) is 16.1. The lowest BCUT2D eigenvalue weighted by atomic mass is 9.99. The minimum absolute atomic E-state index is 0.134. The summed E-state index contributed by atoms with van der Waals surface area (Å²) in [5, 5.41) is 0. The van der Waals surface area contributed by atoms with Crippen LogP contribution in [0.3, 0.4) is 0 Å². The molecule has 0 radical (unpaired) electrons. The van der Waals surface area contributed by atoms with Gasteiger partial charge >= 0.3 is 0 Å². The molecule has 6 heteroatoms. The van der Waals surface area contributed by atoms with Crippen LogP contribution in [0.25, 0.3) is 0 Å². The fourth-order valence-corrected chi connectivity index (χ4v) is 4.40. The largest absolute Gasteiger partial charge is 0.280 e. The molecule has 1 aromatic heterocycles. The zero-order valence-corrected chi connectivity index (χ0v) is 13.7. The Morgan fingerprint density at radius 3 is 2.70 bits per heavy atom. The maximum Gasteiger partial charge on any atom is 0.280 e. The Morgan fingerprint density at radius 2 is 1.96 bits per heavy atom. The SMILES string of the molecule is O=S(=O)(NCc1ccccc1)N1CCCC[C@@H]1c1cccnc1. The number of hydrogen-bond donors (Lipinski definition) is 1. The third-order valence-corrected chi connectivity index (χ3v) is 5.70. The van der Waals surface area contributed by atoms with Crippen molar-refractivity contribution in [3.05, 3.63) is 66.0 Å². The topological polar surface area (TPSA) is 62.3 Å². The average Bonchev–Trinajstić information content (AvgIpc) is 2.62. The maximum absolute atomic E-state index is 12.7. The van der Waals surface area contributed by atoms with Crippen molar-refractivity contribution in [2.24, 2.45) is 0 Å². The van der Waals surface area contributed by atoms with Gasteiger partial charge in [0.2, 0.25) is 0 Å². The van der Waals surface area contributed by atoms with Gasteiger partial charge in [-0.2, -0.15) is 17.4 Å². The van der Waals surface area contributed by atoms with E-state index < -0.39 is 10.2 Å². The molecule has 0 amide bonds. The Hall–Kier alpha value is -1.76. The number of hydrogen-bond acceptors (Lipinski definition) is 3. The molecular formula is C17H21N3O2S. The minimum Gasteiger partial charge on any atom is -0.264 e. The molecule has 5 nitrogen and oxygen atoms in total. The standard InChI is InChI=1S/C17H21N3O2S/c21-23(22,19-13-15-7-2-1-3-8-15)20-12-5-4-10-17(20)16-9-6-11-18-14-16/h1-3,6-9,11,14,17,19H,4-5,10,12-13H2/t17-/m1/s1. The van der Waals surface area contributed by atoms with E-state index >= 15 is 0 Å². The first-order chi connectivity index (χ1) is 11.2. The monoisotopic (exact) mass is 331 g/mol. The number of nitrogens with one attached hydrogen (secondary N) is 1. The first kappa shape index (κ1) is 16.1. The summed E-state index contributed by atoms with van der Waals surface area (Å²) < 4.78 is 29.8. The second-order valence-electron chi connectivity index (χ2n) is 5.72. The third-order valence-electron chi connectivity index (χ3n) is 4.13. The molecule has 0 unspecified atom stereocenters. The average molecular weight is 331 g/mol. The van der Waals surface area contributed by atoms with Gasteiger partial charge in [-0.3, -0.25) is 4.98 Å². The molecule has 1 fully saturated rings. The predicted octanol–water partition coefficient (Wildman–Crippen LogP) is 2.64. The Morgan fingerprint density at radius 1 is 1.13 bits per heavy atom. The Balaban J connectivity index is 1.76. The summed E-state index contributed by atoms with van der Waals surface area (Å²) in [6, 6.07) is 13.2. The van der Waals surface area contributed by atoms with Gasteiger partial charge in [-0.05, 0) is 30.0 Å². The molecule has 2 aromatic rings. The maximum atomic E-state index is 12.7. The normalized spacial score (nSPS) is 19.6. The molecule has 2 heterocycles. The van der Waals surface area contributed by atoms with E-state index in [1.807, 2.05) is 42.5 Å². The Kier molecular flexibility index (Phi) is 5.05. The number of piperidine rings is 1. The quantitative estimate of drug-likeness (QED) is 0.916. The van der Waals surface area contributed by atoms with Gasteiger partial charge in [-0.15, -0.1) is 0 Å². The zero-order valence-electron chi connectivity index (χ0n) is 12.9. The van der Waals surface area contributed by atoms with Crippen LogP contribution in [0, 0.1) is 0 Å². The fourth-order valence-electron chi connectivity index (χ4n) is 2.95. The molecule has 0 bridgehead atoms. The van der Waals surface area contributed by atoms with E-state index in [4.69, 9.17) is 0 Å². The molecule has 1 aliphatic heterocycles. The van der Waals surface area contributed by atoms with Gasteiger partial charge in [0.15, 0.2) is 0 Å². The van der Waals surface area contributed by atoms with Gasteiger partial charge in [-0.25, -0.2) is 0 Å². The van der Waals surface area contributed by atoms with E-state index in [1.165, 1.54) is 0 Å². The summed E-state index contributed by atoms with van der Waals surface area (Å²) in [5.74, 6) is 0. The van der Waals surface area contributed by atoms with Crippen LogP contribution in [0.1, 0.15) is 36.4 Å². The molecule has 1 aliphatic rings. The molecule has 122 valence electrons. The van der Waals surface area contributed by atoms with Crippen molar-refractivity contribution in [1.29, 1.82) is 0 Å². The number of rotatable bonds is 5. The lowest BCUT2D eigenvalue weighted by molar-refractivity contribution is 0.252. The summed E-state index contributed by atoms with van der Waals surface area (Å²) in [4.78, 5) is 4.13. The highest BCUT2D eigenvalue weighted by atomic mass is 32.2. The minimum atomic E-state index is -3.52. The number of pyridine rings is 1. The van der Waals surface area contributed by atoms with Crippen LogP contribution in [0.5, 0.6) is 0 Å². The molecule has 1 atom stereocenters. The lowest BCUT2D eigenvalue weighted by Gasteiger charge is -2.34. The molecule has 3 rings (SSSR count). The van der Waals surface area contributed by atoms with Crippen molar-refractivity contribution in [3.8, 4) is 0 Å². The van der Waals surface area contributed by atoms with E-state index in [0.29, 0.717) is 13.1 Å². The highest BCUT2D eigenvalue weighted by molar-refractivity contribution is 7.87. The molecule has 0 spiro atoms. The van der Waals surface area contributed by atoms with Crippen LogP contribution in [0.2, 0.25) is 0 Å². The first-order valence-electron chi connectivity index (χ1n) is 7.87. The van der Waals surface area contributed by atoms with Crippen molar-refractivity contribution in [2.45, 2.75) is 31.8 Å². The van der Waals surface area contributed by atoms with Crippen molar-refractivity contribution in [3.63, 3.8) is 0 Å². The van der Waals surface area contributed by atoms with Gasteiger partial charge < -0.3 is 0 Å². The summed E-state index contributed by atoms with van der Waals surface area (Å²) in [6.45, 7) is 0.850. The van der Waals surface area contributed by atoms with Gasteiger partial charge in [0.25, 0.3) is 10.2 Å². The van der Waals surface area contributed by atoms with Crippen LogP contribution < -0.4 is 4.72 Å². The molecule has 1 saturated heterocycles. The van der Waals surface area contributed by atoms with Gasteiger partial charge in [0.05, 0.1) is 6.04 Å². The summed E-state index contributed by atoms with van der Waals surface area (Å²) >= 11 is 0. The second kappa shape index (κ2) is 7.21. The number of nitrogens with zero attached hydrogens (tertiary/aromatic N) is 2. The smallest absolute Gasteiger partial charge is 0.264 e. The van der Waals surface area contributed by atoms with Crippen LogP contribution in [-0.4, -0.2) is 24.3 Å². The van der Waals surface area contributed by atoms with Crippen LogP contribution in [-0.2, 0) is 16.8 Å². The number of aromatic nitrogens is 1. The fraction of sp³-hybridized carbons (Fsp3) is 0.353. The first-order valence-corrected chi connectivity index (χ1v) is 9.31. The molecule has 0 saturated carbocycles. The van der Waals surface area contributed by atoms with Crippen molar-refractivity contribution >= 4 is 10.2 Å². The van der Waals surface area contributed by atoms with Crippen molar-refractivity contribution in [2.75, 3.05) is 6.54 Å². The molecule has 1 N–H and O–H groups in total. The lowest BCUT2D eigenvalue weighted by Crippen LogP contribution is -2.44. The van der Waals surface area contributed by atoms with Gasteiger partial charge in [-0.1, -0.05) is 42.8 Å². The van der Waals surface area contributed by atoms with Gasteiger partial charge in [0.1, 0.15) is 0 Å². The summed E-state index contributed by atoms with van der Waals surface area (Å²) in [7, 11) is -3.52. The second-order valence-corrected chi connectivity index (χ2v) is 7.43. The Bertz CT molecular complexity index is 720. The van der Waals surface area contributed by atoms with E-state index in [2.05, 4.69) is 9.71 Å². The van der Waals surface area contributed by atoms with E-state index in [1.54, 1.807) is 16.7 Å². The van der Waals surface area contributed by atoms with Crippen LogP contribution in [0.15, 0.2) is 54.9 Å². The summed E-state index contributed by atoms with van der Waals surface area (Å²) in [5.41, 5.74) is 1.91. The highest BCUT2D eigenvalue weighted by Gasteiger charge is 2.33. The van der Waals surface area contributed by atoms with E-state index in [0.717, 1.165) is 30.4 Å². The molecular weight excluding hydrogens is 310 g/mol. The van der Waals surface area contributed by atoms with E-state index in [-0.39, 0.29) is 6.04 Å². The third kappa shape index (κ3) is 3.96. The van der Waals surface area contributed by atoms with Crippen molar-refractivity contribution < 1.29 is 8.42 Å². The predicted molar refractivity (Wildman–Crippen MR) is 89.7 cm³/mol. The van der Waals surface area contributed by atoms with Gasteiger partial charge in [0, 0.05) is 25.5 Å².